The Morgan fingerprint density at radius 1 is 1.09 bits per heavy atom. The number of rotatable bonds is 5. The van der Waals surface area contributed by atoms with Gasteiger partial charge in [-0.25, -0.2) is 9.97 Å². The molecular weight excluding hydrogens is 416 g/mol. The summed E-state index contributed by atoms with van der Waals surface area (Å²) >= 11 is 0. The molecule has 2 aliphatic rings. The predicted octanol–water partition coefficient (Wildman–Crippen LogP) is 3.27. The van der Waals surface area contributed by atoms with E-state index in [-0.39, 0.29) is 17.7 Å². The fraction of sp³-hybridized carbons (Fsp3) is 0.320. The second-order valence-electron chi connectivity index (χ2n) is 8.51. The predicted molar refractivity (Wildman–Crippen MR) is 125 cm³/mol. The van der Waals surface area contributed by atoms with E-state index >= 15 is 0 Å². The van der Waals surface area contributed by atoms with Gasteiger partial charge in [0, 0.05) is 55.1 Å². The summed E-state index contributed by atoms with van der Waals surface area (Å²) in [5.41, 5.74) is 2.64. The molecule has 0 unspecified atom stereocenters. The van der Waals surface area contributed by atoms with Gasteiger partial charge in [-0.1, -0.05) is 18.2 Å². The number of nitrogens with zero attached hydrogens (tertiary/aromatic N) is 4. The molecule has 2 aliphatic heterocycles. The van der Waals surface area contributed by atoms with Crippen molar-refractivity contribution in [3.05, 3.63) is 66.7 Å². The van der Waals surface area contributed by atoms with Crippen molar-refractivity contribution >= 4 is 23.3 Å². The topological polar surface area (TPSA) is 100 Å². The molecule has 0 saturated carbocycles. The van der Waals surface area contributed by atoms with Crippen LogP contribution in [0.25, 0.3) is 11.3 Å². The molecule has 2 amide bonds. The Bertz CT molecular complexity index is 1140. The molecule has 1 aromatic carbocycles. The number of nitrogens with one attached hydrogen (secondary N) is 2. The minimum Gasteiger partial charge on any atom is -0.344 e. The van der Waals surface area contributed by atoms with Crippen LogP contribution in [0.3, 0.4) is 0 Å². The van der Waals surface area contributed by atoms with Crippen molar-refractivity contribution < 1.29 is 9.59 Å². The van der Waals surface area contributed by atoms with Gasteiger partial charge < -0.3 is 15.5 Å². The lowest BCUT2D eigenvalue weighted by atomic mass is 9.96. The number of piperidine rings is 1. The molecule has 0 bridgehead atoms. The number of carbonyl (C=O) groups is 2. The maximum Gasteiger partial charge on any atom is 0.245 e. The lowest BCUT2D eigenvalue weighted by molar-refractivity contribution is -0.135. The Hall–Kier alpha value is -3.81. The molecular formula is C25H26N6O2. The van der Waals surface area contributed by atoms with Crippen LogP contribution in [-0.4, -0.2) is 50.8 Å². The van der Waals surface area contributed by atoms with Crippen molar-refractivity contribution in [2.45, 2.75) is 37.6 Å². The van der Waals surface area contributed by atoms with Crippen molar-refractivity contribution in [1.82, 2.24) is 25.2 Å². The summed E-state index contributed by atoms with van der Waals surface area (Å²) in [6.07, 6.45) is 6.29. The minimum atomic E-state index is -0.408. The molecule has 2 aromatic heterocycles. The highest BCUT2D eigenvalue weighted by Crippen LogP contribution is 2.29. The van der Waals surface area contributed by atoms with Crippen molar-refractivity contribution in [3.8, 4) is 11.3 Å². The first-order valence-electron chi connectivity index (χ1n) is 11.4. The number of hydrogen-bond acceptors (Lipinski definition) is 6. The average molecular weight is 443 g/mol. The highest BCUT2D eigenvalue weighted by Gasteiger charge is 2.34. The molecule has 2 saturated heterocycles. The van der Waals surface area contributed by atoms with Crippen LogP contribution in [0.15, 0.2) is 60.9 Å². The number of benzene rings is 1. The van der Waals surface area contributed by atoms with Gasteiger partial charge >= 0.3 is 0 Å². The number of likely N-dealkylation sites (tertiary alicyclic amines) is 1. The molecule has 5 rings (SSSR count). The molecule has 0 radical (unpaired) electrons. The number of aromatic nitrogens is 3. The Kier molecular flexibility index (Phi) is 5.97. The summed E-state index contributed by atoms with van der Waals surface area (Å²) in [7, 11) is 0. The molecule has 4 heterocycles. The van der Waals surface area contributed by atoms with E-state index in [0.29, 0.717) is 37.6 Å². The number of hydrogen-bond donors (Lipinski definition) is 2. The molecule has 0 spiro atoms. The molecule has 168 valence electrons. The first-order chi connectivity index (χ1) is 16.2. The third kappa shape index (κ3) is 4.84. The van der Waals surface area contributed by atoms with Gasteiger partial charge in [-0.05, 0) is 43.5 Å². The van der Waals surface area contributed by atoms with Crippen LogP contribution in [0.4, 0.5) is 11.5 Å². The zero-order valence-corrected chi connectivity index (χ0v) is 18.3. The molecule has 2 atom stereocenters. The maximum atomic E-state index is 13.0. The smallest absolute Gasteiger partial charge is 0.245 e. The summed E-state index contributed by atoms with van der Waals surface area (Å²) in [5, 5.41) is 6.17. The van der Waals surface area contributed by atoms with E-state index in [2.05, 4.69) is 15.6 Å². The van der Waals surface area contributed by atoms with Gasteiger partial charge in [0.15, 0.2) is 0 Å². The Labute approximate surface area is 192 Å². The SMILES string of the molecule is O=C1CC[C@H](C(=O)N2CCC[C@H](c3nc(Nc4ccccc4)cc(-c4cccnc4)n3)C2)N1. The van der Waals surface area contributed by atoms with Gasteiger partial charge in [-0.2, -0.15) is 0 Å². The van der Waals surface area contributed by atoms with Gasteiger partial charge in [-0.3, -0.25) is 14.6 Å². The average Bonchev–Trinajstić information content (AvgIpc) is 3.31. The van der Waals surface area contributed by atoms with Gasteiger partial charge in [0.05, 0.1) is 5.69 Å². The molecule has 0 aliphatic carbocycles. The van der Waals surface area contributed by atoms with Crippen LogP contribution in [0.5, 0.6) is 0 Å². The summed E-state index contributed by atoms with van der Waals surface area (Å²) in [4.78, 5) is 40.3. The minimum absolute atomic E-state index is 0.00315. The van der Waals surface area contributed by atoms with Crippen LogP contribution in [0, 0.1) is 0 Å². The Balaban J connectivity index is 1.42. The van der Waals surface area contributed by atoms with E-state index < -0.39 is 6.04 Å². The second-order valence-corrected chi connectivity index (χ2v) is 8.51. The lowest BCUT2D eigenvalue weighted by Crippen LogP contribution is -2.48. The lowest BCUT2D eigenvalue weighted by Gasteiger charge is -2.33. The second kappa shape index (κ2) is 9.36. The molecule has 8 nitrogen and oxygen atoms in total. The monoisotopic (exact) mass is 442 g/mol. The molecule has 33 heavy (non-hydrogen) atoms. The van der Waals surface area contributed by atoms with Crippen LogP contribution >= 0.6 is 0 Å². The largest absolute Gasteiger partial charge is 0.344 e. The Morgan fingerprint density at radius 2 is 1.97 bits per heavy atom. The normalized spacial score (nSPS) is 20.4. The van der Waals surface area contributed by atoms with E-state index in [0.717, 1.165) is 29.8 Å². The van der Waals surface area contributed by atoms with Gasteiger partial charge in [-0.15, -0.1) is 0 Å². The maximum absolute atomic E-state index is 13.0. The number of para-hydroxylation sites is 1. The molecule has 2 N–H and O–H groups in total. The third-order valence-electron chi connectivity index (χ3n) is 6.14. The van der Waals surface area contributed by atoms with Crippen molar-refractivity contribution in [3.63, 3.8) is 0 Å². The van der Waals surface area contributed by atoms with Crippen molar-refractivity contribution in [2.24, 2.45) is 0 Å². The van der Waals surface area contributed by atoms with Crippen molar-refractivity contribution in [1.29, 1.82) is 0 Å². The fourth-order valence-corrected chi connectivity index (χ4v) is 4.45. The number of pyridine rings is 1. The highest BCUT2D eigenvalue weighted by molar-refractivity contribution is 5.90. The standard InChI is InChI=1S/C25H26N6O2/c32-23-11-10-20(28-23)25(33)31-13-5-7-18(16-31)24-29-21(17-6-4-12-26-15-17)14-22(30-24)27-19-8-2-1-3-9-19/h1-4,6,8-9,12,14-15,18,20H,5,7,10-11,13,16H2,(H,28,32)(H,27,29,30)/t18-,20+/m0/s1. The van der Waals surface area contributed by atoms with E-state index in [4.69, 9.17) is 9.97 Å². The zero-order chi connectivity index (χ0) is 22.6. The van der Waals surface area contributed by atoms with E-state index in [1.165, 1.54) is 0 Å². The zero-order valence-electron chi connectivity index (χ0n) is 18.3. The van der Waals surface area contributed by atoms with Crippen LogP contribution < -0.4 is 10.6 Å². The van der Waals surface area contributed by atoms with E-state index in [1.807, 2.05) is 53.4 Å². The quantitative estimate of drug-likeness (QED) is 0.629. The van der Waals surface area contributed by atoms with Crippen LogP contribution in [0.2, 0.25) is 0 Å². The number of amides is 2. The fourth-order valence-electron chi connectivity index (χ4n) is 4.45. The summed E-state index contributed by atoms with van der Waals surface area (Å²) < 4.78 is 0. The van der Waals surface area contributed by atoms with E-state index in [9.17, 15) is 9.59 Å². The van der Waals surface area contributed by atoms with E-state index in [1.54, 1.807) is 12.4 Å². The number of carbonyl (C=O) groups excluding carboxylic acids is 2. The van der Waals surface area contributed by atoms with Crippen molar-refractivity contribution in [2.75, 3.05) is 18.4 Å². The molecule has 2 fully saturated rings. The third-order valence-corrected chi connectivity index (χ3v) is 6.14. The molecule has 3 aromatic rings. The summed E-state index contributed by atoms with van der Waals surface area (Å²) in [5.74, 6) is 1.38. The van der Waals surface area contributed by atoms with Gasteiger partial charge in [0.2, 0.25) is 11.8 Å². The first-order valence-corrected chi connectivity index (χ1v) is 11.4. The number of anilines is 2. The highest BCUT2D eigenvalue weighted by atomic mass is 16.2. The molecule has 8 heteroatoms. The Morgan fingerprint density at radius 3 is 2.73 bits per heavy atom. The van der Waals surface area contributed by atoms with Gasteiger partial charge in [0.25, 0.3) is 0 Å². The van der Waals surface area contributed by atoms with Crippen LogP contribution in [-0.2, 0) is 9.59 Å². The van der Waals surface area contributed by atoms with Gasteiger partial charge in [0.1, 0.15) is 17.7 Å². The van der Waals surface area contributed by atoms with Crippen LogP contribution in [0.1, 0.15) is 37.4 Å². The summed E-state index contributed by atoms with van der Waals surface area (Å²) in [6, 6.07) is 15.3. The summed E-state index contributed by atoms with van der Waals surface area (Å²) in [6.45, 7) is 1.24. The first kappa shape index (κ1) is 21.1.